The van der Waals surface area contributed by atoms with Crippen molar-refractivity contribution in [3.63, 3.8) is 0 Å². The van der Waals surface area contributed by atoms with Gasteiger partial charge in [-0.25, -0.2) is 4.98 Å². The molecule has 1 saturated heterocycles. The van der Waals surface area contributed by atoms with Gasteiger partial charge in [-0.05, 0) is 12.3 Å². The van der Waals surface area contributed by atoms with Gasteiger partial charge >= 0.3 is 0 Å². The van der Waals surface area contributed by atoms with E-state index in [2.05, 4.69) is 4.98 Å². The molecule has 1 fully saturated rings. The van der Waals surface area contributed by atoms with Crippen LogP contribution in [0.1, 0.15) is 11.4 Å². The van der Waals surface area contributed by atoms with Gasteiger partial charge in [-0.3, -0.25) is 0 Å². The summed E-state index contributed by atoms with van der Waals surface area (Å²) in [6.07, 6.45) is 3.83. The average molecular weight is 198 g/mol. The SMILES string of the molecule is NC(Cc1nccs1)C1CCOC1. The fourth-order valence-electron chi connectivity index (χ4n) is 1.61. The van der Waals surface area contributed by atoms with E-state index in [1.54, 1.807) is 11.3 Å². The van der Waals surface area contributed by atoms with Crippen LogP contribution in [0.3, 0.4) is 0 Å². The van der Waals surface area contributed by atoms with E-state index >= 15 is 0 Å². The van der Waals surface area contributed by atoms with Gasteiger partial charge in [0.25, 0.3) is 0 Å². The second-order valence-electron chi connectivity index (χ2n) is 3.42. The second-order valence-corrected chi connectivity index (χ2v) is 4.40. The number of aromatic nitrogens is 1. The predicted molar refractivity (Wildman–Crippen MR) is 52.7 cm³/mol. The van der Waals surface area contributed by atoms with Crippen LogP contribution in [0.5, 0.6) is 0 Å². The molecule has 1 aliphatic heterocycles. The molecular weight excluding hydrogens is 184 g/mol. The Morgan fingerprint density at radius 2 is 2.69 bits per heavy atom. The van der Waals surface area contributed by atoms with Gasteiger partial charge in [0.05, 0.1) is 11.6 Å². The van der Waals surface area contributed by atoms with Crippen molar-refractivity contribution >= 4 is 11.3 Å². The van der Waals surface area contributed by atoms with Crippen LogP contribution in [0.4, 0.5) is 0 Å². The lowest BCUT2D eigenvalue weighted by Crippen LogP contribution is -2.32. The maximum atomic E-state index is 6.06. The summed E-state index contributed by atoms with van der Waals surface area (Å²) in [5, 5.41) is 3.13. The van der Waals surface area contributed by atoms with Crippen molar-refractivity contribution in [2.75, 3.05) is 13.2 Å². The van der Waals surface area contributed by atoms with Gasteiger partial charge in [0, 0.05) is 30.6 Å². The molecule has 2 heterocycles. The standard InChI is InChI=1S/C9H14N2OS/c10-8(7-1-3-12-6-7)5-9-11-2-4-13-9/h2,4,7-8H,1,3,5-6,10H2. The fraction of sp³-hybridized carbons (Fsp3) is 0.667. The monoisotopic (exact) mass is 198 g/mol. The van der Waals surface area contributed by atoms with Crippen LogP contribution < -0.4 is 5.73 Å². The Kier molecular flexibility index (Phi) is 2.93. The van der Waals surface area contributed by atoms with Crippen molar-refractivity contribution in [1.82, 2.24) is 4.98 Å². The molecule has 0 amide bonds. The first-order valence-electron chi connectivity index (χ1n) is 4.58. The summed E-state index contributed by atoms with van der Waals surface area (Å²) < 4.78 is 5.30. The average Bonchev–Trinajstić information content (AvgIpc) is 2.74. The van der Waals surface area contributed by atoms with Crippen LogP contribution in [0.15, 0.2) is 11.6 Å². The minimum absolute atomic E-state index is 0.216. The predicted octanol–water partition coefficient (Wildman–Crippen LogP) is 1.05. The molecule has 2 unspecified atom stereocenters. The highest BCUT2D eigenvalue weighted by Crippen LogP contribution is 2.18. The van der Waals surface area contributed by atoms with Gasteiger partial charge in [-0.2, -0.15) is 0 Å². The van der Waals surface area contributed by atoms with Crippen molar-refractivity contribution in [2.24, 2.45) is 11.7 Å². The molecule has 0 radical (unpaired) electrons. The summed E-state index contributed by atoms with van der Waals surface area (Å²) >= 11 is 1.68. The number of hydrogen-bond acceptors (Lipinski definition) is 4. The van der Waals surface area contributed by atoms with E-state index in [4.69, 9.17) is 10.5 Å². The third kappa shape index (κ3) is 2.27. The molecule has 0 spiro atoms. The van der Waals surface area contributed by atoms with Gasteiger partial charge in [-0.15, -0.1) is 11.3 Å². The first-order valence-corrected chi connectivity index (χ1v) is 5.46. The molecule has 0 bridgehead atoms. The quantitative estimate of drug-likeness (QED) is 0.789. The number of nitrogens with two attached hydrogens (primary N) is 1. The second kappa shape index (κ2) is 4.17. The minimum atomic E-state index is 0.216. The van der Waals surface area contributed by atoms with Gasteiger partial charge in [-0.1, -0.05) is 0 Å². The van der Waals surface area contributed by atoms with Gasteiger partial charge in [0.15, 0.2) is 0 Å². The Hall–Kier alpha value is -0.450. The molecule has 4 heteroatoms. The Morgan fingerprint density at radius 3 is 3.31 bits per heavy atom. The normalized spacial score (nSPS) is 24.8. The Balaban J connectivity index is 1.87. The largest absolute Gasteiger partial charge is 0.381 e. The summed E-state index contributed by atoms with van der Waals surface area (Å²) in [7, 11) is 0. The summed E-state index contributed by atoms with van der Waals surface area (Å²) in [6, 6.07) is 0.216. The highest BCUT2D eigenvalue weighted by molar-refractivity contribution is 7.09. The van der Waals surface area contributed by atoms with Crippen LogP contribution in [0.2, 0.25) is 0 Å². The first-order chi connectivity index (χ1) is 6.36. The van der Waals surface area contributed by atoms with Crippen LogP contribution in [-0.4, -0.2) is 24.2 Å². The number of hydrogen-bond donors (Lipinski definition) is 1. The number of ether oxygens (including phenoxy) is 1. The third-order valence-electron chi connectivity index (χ3n) is 2.46. The zero-order valence-corrected chi connectivity index (χ0v) is 8.30. The van der Waals surface area contributed by atoms with Gasteiger partial charge in [0.2, 0.25) is 0 Å². The number of thiazole rings is 1. The molecule has 1 aromatic heterocycles. The molecule has 2 rings (SSSR count). The van der Waals surface area contributed by atoms with Crippen molar-refractivity contribution in [2.45, 2.75) is 18.9 Å². The third-order valence-corrected chi connectivity index (χ3v) is 3.27. The molecule has 0 aromatic carbocycles. The number of nitrogens with zero attached hydrogens (tertiary/aromatic N) is 1. The summed E-state index contributed by atoms with van der Waals surface area (Å²) in [4.78, 5) is 4.23. The minimum Gasteiger partial charge on any atom is -0.381 e. The van der Waals surface area contributed by atoms with Gasteiger partial charge < -0.3 is 10.5 Å². The highest BCUT2D eigenvalue weighted by atomic mass is 32.1. The van der Waals surface area contributed by atoms with E-state index in [1.165, 1.54) is 0 Å². The number of rotatable bonds is 3. The molecule has 72 valence electrons. The van der Waals surface area contributed by atoms with E-state index in [0.717, 1.165) is 31.1 Å². The molecule has 2 atom stereocenters. The van der Waals surface area contributed by atoms with E-state index < -0.39 is 0 Å². The summed E-state index contributed by atoms with van der Waals surface area (Å²) in [5.41, 5.74) is 6.06. The first kappa shape index (κ1) is 9.12. The van der Waals surface area contributed by atoms with Crippen molar-refractivity contribution in [3.05, 3.63) is 16.6 Å². The summed E-state index contributed by atoms with van der Waals surface area (Å²) in [6.45, 7) is 1.70. The van der Waals surface area contributed by atoms with Crippen molar-refractivity contribution in [3.8, 4) is 0 Å². The van der Waals surface area contributed by atoms with Crippen molar-refractivity contribution < 1.29 is 4.74 Å². The Bertz CT molecular complexity index is 244. The molecular formula is C9H14N2OS. The van der Waals surface area contributed by atoms with Crippen LogP contribution in [-0.2, 0) is 11.2 Å². The van der Waals surface area contributed by atoms with Gasteiger partial charge in [0.1, 0.15) is 0 Å². The van der Waals surface area contributed by atoms with E-state index in [0.29, 0.717) is 5.92 Å². The lowest BCUT2D eigenvalue weighted by molar-refractivity contribution is 0.180. The van der Waals surface area contributed by atoms with E-state index in [1.807, 2.05) is 11.6 Å². The molecule has 1 aliphatic rings. The smallest absolute Gasteiger partial charge is 0.0940 e. The Morgan fingerprint density at radius 1 is 1.77 bits per heavy atom. The van der Waals surface area contributed by atoms with Crippen molar-refractivity contribution in [1.29, 1.82) is 0 Å². The zero-order valence-electron chi connectivity index (χ0n) is 7.48. The highest BCUT2D eigenvalue weighted by Gasteiger charge is 2.23. The topological polar surface area (TPSA) is 48.1 Å². The molecule has 3 nitrogen and oxygen atoms in total. The lowest BCUT2D eigenvalue weighted by atomic mass is 9.97. The Labute approximate surface area is 81.9 Å². The van der Waals surface area contributed by atoms with E-state index in [9.17, 15) is 0 Å². The van der Waals surface area contributed by atoms with Crippen LogP contribution in [0.25, 0.3) is 0 Å². The molecule has 0 saturated carbocycles. The molecule has 2 N–H and O–H groups in total. The zero-order chi connectivity index (χ0) is 9.10. The maximum absolute atomic E-state index is 6.06. The fourth-order valence-corrected chi connectivity index (χ4v) is 2.30. The maximum Gasteiger partial charge on any atom is 0.0940 e. The lowest BCUT2D eigenvalue weighted by Gasteiger charge is -2.15. The summed E-state index contributed by atoms with van der Waals surface area (Å²) in [5.74, 6) is 0.531. The molecule has 1 aromatic rings. The van der Waals surface area contributed by atoms with Crippen LogP contribution >= 0.6 is 11.3 Å². The van der Waals surface area contributed by atoms with Crippen LogP contribution in [0, 0.1) is 5.92 Å². The van der Waals surface area contributed by atoms with E-state index in [-0.39, 0.29) is 6.04 Å². The molecule has 13 heavy (non-hydrogen) atoms. The molecule has 0 aliphatic carbocycles.